The lowest BCUT2D eigenvalue weighted by molar-refractivity contribution is 0.559. The lowest BCUT2D eigenvalue weighted by Gasteiger charge is -2.11. The van der Waals surface area contributed by atoms with E-state index in [1.807, 2.05) is 0 Å². The largest absolute Gasteiger partial charge is 0.472 e. The summed E-state index contributed by atoms with van der Waals surface area (Å²) in [4.78, 5) is 0. The summed E-state index contributed by atoms with van der Waals surface area (Å²) in [6, 6.07) is 5.46. The normalized spacial score (nSPS) is 12.7. The first-order chi connectivity index (χ1) is 7.18. The van der Waals surface area contributed by atoms with Gasteiger partial charge in [-0.2, -0.15) is 0 Å². The van der Waals surface area contributed by atoms with E-state index in [2.05, 4.69) is 0 Å². The number of nitrogens with two attached hydrogens (primary N) is 1. The summed E-state index contributed by atoms with van der Waals surface area (Å²) in [7, 11) is 0. The summed E-state index contributed by atoms with van der Waals surface area (Å²) in [5.74, 6) is -0.367. The summed E-state index contributed by atoms with van der Waals surface area (Å²) in [5.41, 5.74) is 6.96. The molecule has 2 aromatic rings. The van der Waals surface area contributed by atoms with E-state index in [0.717, 1.165) is 5.56 Å². The molecule has 0 saturated carbocycles. The molecule has 1 aromatic heterocycles. The monoisotopic (exact) mass is 225 g/mol. The minimum Gasteiger partial charge on any atom is -0.472 e. The third-order valence-electron chi connectivity index (χ3n) is 2.20. The van der Waals surface area contributed by atoms with Crippen molar-refractivity contribution in [2.75, 3.05) is 0 Å². The summed E-state index contributed by atoms with van der Waals surface area (Å²) < 4.78 is 18.3. The van der Waals surface area contributed by atoms with Gasteiger partial charge < -0.3 is 10.2 Å². The lowest BCUT2D eigenvalue weighted by Crippen LogP contribution is -2.12. The van der Waals surface area contributed by atoms with Crippen molar-refractivity contribution in [2.24, 2.45) is 5.73 Å². The molecule has 0 spiro atoms. The van der Waals surface area contributed by atoms with Crippen LogP contribution in [0.25, 0.3) is 0 Å². The van der Waals surface area contributed by atoms with E-state index in [-0.39, 0.29) is 5.82 Å². The van der Waals surface area contributed by atoms with Crippen LogP contribution in [0.15, 0.2) is 41.2 Å². The summed E-state index contributed by atoms with van der Waals surface area (Å²) in [6.07, 6.45) is 2.99. The van der Waals surface area contributed by atoms with Crippen molar-refractivity contribution in [3.63, 3.8) is 0 Å². The maximum Gasteiger partial charge on any atom is 0.128 e. The number of benzene rings is 1. The molecule has 2 nitrogen and oxygen atoms in total. The maximum absolute atomic E-state index is 13.4. The zero-order valence-corrected chi connectivity index (χ0v) is 8.54. The third-order valence-corrected chi connectivity index (χ3v) is 2.43. The first kappa shape index (κ1) is 10.2. The highest BCUT2D eigenvalue weighted by molar-refractivity contribution is 6.30. The van der Waals surface area contributed by atoms with Crippen molar-refractivity contribution in [1.82, 2.24) is 0 Å². The highest BCUT2D eigenvalue weighted by Crippen LogP contribution is 2.25. The van der Waals surface area contributed by atoms with Crippen molar-refractivity contribution in [3.05, 3.63) is 58.8 Å². The highest BCUT2D eigenvalue weighted by atomic mass is 35.5. The molecule has 1 atom stereocenters. The molecular formula is C11H9ClFNO. The fourth-order valence-electron chi connectivity index (χ4n) is 1.38. The maximum atomic E-state index is 13.4. The van der Waals surface area contributed by atoms with Crippen molar-refractivity contribution in [2.45, 2.75) is 6.04 Å². The fourth-order valence-corrected chi connectivity index (χ4v) is 1.57. The van der Waals surface area contributed by atoms with Crippen LogP contribution >= 0.6 is 11.6 Å². The van der Waals surface area contributed by atoms with Gasteiger partial charge in [-0.05, 0) is 24.3 Å². The molecule has 78 valence electrons. The summed E-state index contributed by atoms with van der Waals surface area (Å²) in [5, 5.41) is 0.463. The number of hydrogen-bond donors (Lipinski definition) is 1. The SMILES string of the molecule is NC(c1ccoc1)c1cc(Cl)ccc1F. The predicted octanol–water partition coefficient (Wildman–Crippen LogP) is 3.12. The van der Waals surface area contributed by atoms with Gasteiger partial charge in [0.25, 0.3) is 0 Å². The topological polar surface area (TPSA) is 39.2 Å². The summed E-state index contributed by atoms with van der Waals surface area (Å²) >= 11 is 5.78. The quantitative estimate of drug-likeness (QED) is 0.853. The molecule has 0 radical (unpaired) electrons. The molecule has 2 rings (SSSR count). The van der Waals surface area contributed by atoms with Gasteiger partial charge >= 0.3 is 0 Å². The molecule has 15 heavy (non-hydrogen) atoms. The van der Waals surface area contributed by atoms with Crippen LogP contribution in [0.5, 0.6) is 0 Å². The molecule has 1 heterocycles. The van der Waals surface area contributed by atoms with Gasteiger partial charge in [0, 0.05) is 16.1 Å². The van der Waals surface area contributed by atoms with Crippen LogP contribution < -0.4 is 5.73 Å². The minimum absolute atomic E-state index is 0.365. The van der Waals surface area contributed by atoms with Crippen LogP contribution in [0.2, 0.25) is 5.02 Å². The Morgan fingerprint density at radius 1 is 1.33 bits per heavy atom. The fraction of sp³-hybridized carbons (Fsp3) is 0.0909. The van der Waals surface area contributed by atoms with E-state index in [9.17, 15) is 4.39 Å². The van der Waals surface area contributed by atoms with Crippen LogP contribution in [0, 0.1) is 5.82 Å². The van der Waals surface area contributed by atoms with Gasteiger partial charge in [-0.3, -0.25) is 0 Å². The molecule has 0 fully saturated rings. The van der Waals surface area contributed by atoms with Crippen LogP contribution in [-0.4, -0.2) is 0 Å². The lowest BCUT2D eigenvalue weighted by atomic mass is 10.0. The molecule has 1 unspecified atom stereocenters. The van der Waals surface area contributed by atoms with E-state index < -0.39 is 6.04 Å². The third kappa shape index (κ3) is 2.03. The molecule has 2 N–H and O–H groups in total. The van der Waals surface area contributed by atoms with Crippen molar-refractivity contribution in [3.8, 4) is 0 Å². The Morgan fingerprint density at radius 3 is 2.80 bits per heavy atom. The van der Waals surface area contributed by atoms with Crippen molar-refractivity contribution < 1.29 is 8.81 Å². The van der Waals surface area contributed by atoms with E-state index in [1.165, 1.54) is 30.7 Å². The van der Waals surface area contributed by atoms with E-state index in [1.54, 1.807) is 6.07 Å². The average molecular weight is 226 g/mol. The second kappa shape index (κ2) is 4.04. The second-order valence-corrected chi connectivity index (χ2v) is 3.64. The van der Waals surface area contributed by atoms with E-state index >= 15 is 0 Å². The van der Waals surface area contributed by atoms with Gasteiger partial charge in [-0.25, -0.2) is 4.39 Å². The van der Waals surface area contributed by atoms with E-state index in [4.69, 9.17) is 21.8 Å². The molecular weight excluding hydrogens is 217 g/mol. The molecule has 0 aliphatic heterocycles. The number of halogens is 2. The Hall–Kier alpha value is -1.32. The van der Waals surface area contributed by atoms with Gasteiger partial charge in [0.2, 0.25) is 0 Å². The Kier molecular flexibility index (Phi) is 2.75. The summed E-state index contributed by atoms with van der Waals surface area (Å²) in [6.45, 7) is 0. The van der Waals surface area contributed by atoms with Gasteiger partial charge in [0.1, 0.15) is 5.82 Å². The van der Waals surface area contributed by atoms with Gasteiger partial charge in [-0.15, -0.1) is 0 Å². The van der Waals surface area contributed by atoms with Gasteiger partial charge in [-0.1, -0.05) is 11.6 Å². The van der Waals surface area contributed by atoms with E-state index in [0.29, 0.717) is 10.6 Å². The molecule has 0 bridgehead atoms. The standard InChI is InChI=1S/C11H9ClFNO/c12-8-1-2-10(13)9(5-8)11(14)7-3-4-15-6-7/h1-6,11H,14H2. The molecule has 4 heteroatoms. The first-order valence-corrected chi connectivity index (χ1v) is 4.79. The zero-order chi connectivity index (χ0) is 10.8. The number of hydrogen-bond acceptors (Lipinski definition) is 2. The van der Waals surface area contributed by atoms with Crippen molar-refractivity contribution >= 4 is 11.6 Å². The van der Waals surface area contributed by atoms with Crippen molar-refractivity contribution in [1.29, 1.82) is 0 Å². The number of furan rings is 1. The van der Waals surface area contributed by atoms with Crippen LogP contribution in [-0.2, 0) is 0 Å². The second-order valence-electron chi connectivity index (χ2n) is 3.20. The highest BCUT2D eigenvalue weighted by Gasteiger charge is 2.14. The van der Waals surface area contributed by atoms with Gasteiger partial charge in [0.15, 0.2) is 0 Å². The minimum atomic E-state index is -0.553. The van der Waals surface area contributed by atoms with Gasteiger partial charge in [0.05, 0.1) is 18.6 Å². The first-order valence-electron chi connectivity index (χ1n) is 4.41. The van der Waals surface area contributed by atoms with Crippen LogP contribution in [0.4, 0.5) is 4.39 Å². The Morgan fingerprint density at radius 2 is 2.13 bits per heavy atom. The average Bonchev–Trinajstić information content (AvgIpc) is 2.74. The van der Waals surface area contributed by atoms with Crippen LogP contribution in [0.3, 0.4) is 0 Å². The smallest absolute Gasteiger partial charge is 0.128 e. The van der Waals surface area contributed by atoms with Crippen LogP contribution in [0.1, 0.15) is 17.2 Å². The Balaban J connectivity index is 2.41. The molecule has 0 amide bonds. The molecule has 0 aliphatic rings. The Labute approximate surface area is 91.5 Å². The number of rotatable bonds is 2. The molecule has 0 saturated heterocycles. The predicted molar refractivity (Wildman–Crippen MR) is 56.1 cm³/mol. The Bertz CT molecular complexity index is 456. The zero-order valence-electron chi connectivity index (χ0n) is 7.78. The molecule has 0 aliphatic carbocycles. The molecule has 1 aromatic carbocycles.